The van der Waals surface area contributed by atoms with Crippen LogP contribution >= 0.6 is 0 Å². The van der Waals surface area contributed by atoms with E-state index < -0.39 is 0 Å². The maximum Gasteiger partial charge on any atom is 0.210 e. The second kappa shape index (κ2) is 5.67. The van der Waals surface area contributed by atoms with Gasteiger partial charge in [0.05, 0.1) is 5.69 Å². The third-order valence-electron chi connectivity index (χ3n) is 3.87. The van der Waals surface area contributed by atoms with Crippen molar-refractivity contribution in [1.29, 1.82) is 0 Å². The van der Waals surface area contributed by atoms with Crippen LogP contribution in [0.5, 0.6) is 0 Å². The van der Waals surface area contributed by atoms with Gasteiger partial charge >= 0.3 is 0 Å². The fraction of sp³-hybridized carbons (Fsp3) is 0.438. The second-order valence-electron chi connectivity index (χ2n) is 5.44. The van der Waals surface area contributed by atoms with E-state index in [1.54, 1.807) is 0 Å². The molecule has 0 unspecified atom stereocenters. The number of anilines is 1. The Kier molecular flexibility index (Phi) is 3.74. The highest BCUT2D eigenvalue weighted by molar-refractivity contribution is 5.45. The number of piperidine rings is 1. The van der Waals surface area contributed by atoms with Crippen LogP contribution < -0.4 is 10.6 Å². The summed E-state index contributed by atoms with van der Waals surface area (Å²) in [6, 6.07) is 10.7. The van der Waals surface area contributed by atoms with Crippen molar-refractivity contribution in [2.45, 2.75) is 32.2 Å². The summed E-state index contributed by atoms with van der Waals surface area (Å²) >= 11 is 0. The Labute approximate surface area is 120 Å². The lowest BCUT2D eigenvalue weighted by Crippen LogP contribution is -2.43. The van der Waals surface area contributed by atoms with E-state index in [0.29, 0.717) is 0 Å². The normalized spacial score (nSPS) is 19.3. The molecule has 0 radical (unpaired) electrons. The molecule has 0 spiro atoms. The highest BCUT2D eigenvalue weighted by atomic mass is 15.3. The molecule has 0 amide bonds. The lowest BCUT2D eigenvalue weighted by atomic mass is 10.1. The van der Waals surface area contributed by atoms with Crippen LogP contribution in [0.4, 0.5) is 5.95 Å². The minimum Gasteiger partial charge on any atom is -0.340 e. The van der Waals surface area contributed by atoms with Gasteiger partial charge in [-0.15, -0.1) is 0 Å². The Balaban J connectivity index is 1.99. The van der Waals surface area contributed by atoms with E-state index in [1.807, 2.05) is 6.07 Å². The fourth-order valence-corrected chi connectivity index (χ4v) is 2.78. The lowest BCUT2D eigenvalue weighted by molar-refractivity contribution is 0.498. The monoisotopic (exact) mass is 270 g/mol. The molecule has 1 atom stereocenters. The zero-order chi connectivity index (χ0) is 13.9. The predicted molar refractivity (Wildman–Crippen MR) is 82.4 cm³/mol. The molecule has 3 rings (SSSR count). The number of aryl methyl sites for hydroxylation is 1. The number of hydrogen-bond acceptors (Lipinski definition) is 3. The van der Waals surface area contributed by atoms with Crippen LogP contribution in [0.2, 0.25) is 0 Å². The molecule has 4 heteroatoms. The maximum atomic E-state index is 6.11. The van der Waals surface area contributed by atoms with Crippen LogP contribution in [0.1, 0.15) is 25.5 Å². The van der Waals surface area contributed by atoms with Crippen LogP contribution in [0, 0.1) is 0 Å². The summed E-state index contributed by atoms with van der Waals surface area (Å²) in [5, 5.41) is 0. The van der Waals surface area contributed by atoms with Crippen LogP contribution in [-0.2, 0) is 6.42 Å². The van der Waals surface area contributed by atoms with E-state index in [2.05, 4.69) is 46.9 Å². The fourth-order valence-electron chi connectivity index (χ4n) is 2.78. The van der Waals surface area contributed by atoms with Gasteiger partial charge in [-0.3, -0.25) is 4.57 Å². The molecule has 4 nitrogen and oxygen atoms in total. The zero-order valence-corrected chi connectivity index (χ0v) is 12.0. The smallest absolute Gasteiger partial charge is 0.210 e. The van der Waals surface area contributed by atoms with Gasteiger partial charge in [0.2, 0.25) is 5.95 Å². The van der Waals surface area contributed by atoms with Gasteiger partial charge < -0.3 is 10.6 Å². The molecule has 1 aliphatic heterocycles. The van der Waals surface area contributed by atoms with Gasteiger partial charge in [-0.05, 0) is 31.4 Å². The van der Waals surface area contributed by atoms with Gasteiger partial charge in [0.15, 0.2) is 0 Å². The summed E-state index contributed by atoms with van der Waals surface area (Å²) in [7, 11) is 0. The quantitative estimate of drug-likeness (QED) is 0.931. The number of aromatic nitrogens is 2. The number of nitrogens with two attached hydrogens (primary N) is 1. The van der Waals surface area contributed by atoms with Crippen molar-refractivity contribution >= 4 is 5.95 Å². The molecule has 1 aliphatic rings. The highest BCUT2D eigenvalue weighted by Crippen LogP contribution is 2.23. The van der Waals surface area contributed by atoms with Gasteiger partial charge in [0.1, 0.15) is 0 Å². The summed E-state index contributed by atoms with van der Waals surface area (Å²) in [5.74, 6) is 1.03. The minimum absolute atomic E-state index is 0.259. The average Bonchev–Trinajstić information content (AvgIpc) is 2.92. The molecule has 20 heavy (non-hydrogen) atoms. The van der Waals surface area contributed by atoms with Crippen molar-refractivity contribution < 1.29 is 0 Å². The maximum absolute atomic E-state index is 6.11. The molecule has 0 aliphatic carbocycles. The van der Waals surface area contributed by atoms with Gasteiger partial charge in [-0.2, -0.15) is 0 Å². The topological polar surface area (TPSA) is 47.1 Å². The van der Waals surface area contributed by atoms with Gasteiger partial charge in [-0.1, -0.05) is 25.1 Å². The summed E-state index contributed by atoms with van der Waals surface area (Å²) in [5.41, 5.74) is 8.40. The average molecular weight is 270 g/mol. The number of hydrogen-bond donors (Lipinski definition) is 1. The first kappa shape index (κ1) is 13.2. The van der Waals surface area contributed by atoms with E-state index >= 15 is 0 Å². The van der Waals surface area contributed by atoms with E-state index in [4.69, 9.17) is 10.7 Å². The molecule has 2 aromatic rings. The first-order valence-corrected chi connectivity index (χ1v) is 7.42. The van der Waals surface area contributed by atoms with Crippen LogP contribution in [0.3, 0.4) is 0 Å². The number of nitrogens with zero attached hydrogens (tertiary/aromatic N) is 3. The van der Waals surface area contributed by atoms with Crippen LogP contribution in [0.25, 0.3) is 5.69 Å². The summed E-state index contributed by atoms with van der Waals surface area (Å²) < 4.78 is 2.19. The van der Waals surface area contributed by atoms with Gasteiger partial charge in [0, 0.05) is 31.0 Å². The van der Waals surface area contributed by atoms with Crippen molar-refractivity contribution in [3.05, 3.63) is 42.2 Å². The summed E-state index contributed by atoms with van der Waals surface area (Å²) in [6.07, 6.45) is 5.35. The van der Waals surface area contributed by atoms with E-state index in [-0.39, 0.29) is 6.04 Å². The first-order valence-electron chi connectivity index (χ1n) is 7.42. The van der Waals surface area contributed by atoms with E-state index in [9.17, 15) is 0 Å². The van der Waals surface area contributed by atoms with Crippen molar-refractivity contribution in [2.24, 2.45) is 5.73 Å². The minimum atomic E-state index is 0.259. The largest absolute Gasteiger partial charge is 0.340 e. The summed E-state index contributed by atoms with van der Waals surface area (Å²) in [4.78, 5) is 7.12. The van der Waals surface area contributed by atoms with Crippen molar-refractivity contribution in [3.8, 4) is 5.69 Å². The SMILES string of the molecule is CCc1cn(-c2ccccc2)c(N2CCC[C@@H](N)C2)n1. The molecule has 106 valence electrons. The number of imidazole rings is 1. The number of para-hydroxylation sites is 1. The molecule has 1 fully saturated rings. The summed E-state index contributed by atoms with van der Waals surface area (Å²) in [6.45, 7) is 4.08. The van der Waals surface area contributed by atoms with Gasteiger partial charge in [0.25, 0.3) is 0 Å². The molecule has 2 N–H and O–H groups in total. The Hall–Kier alpha value is -1.81. The predicted octanol–water partition coefficient (Wildman–Crippen LogP) is 2.36. The molecule has 1 saturated heterocycles. The third kappa shape index (κ3) is 2.56. The van der Waals surface area contributed by atoms with Gasteiger partial charge in [-0.25, -0.2) is 4.98 Å². The Bertz CT molecular complexity index is 561. The molecule has 1 aromatic heterocycles. The number of rotatable bonds is 3. The van der Waals surface area contributed by atoms with Crippen LogP contribution in [0.15, 0.2) is 36.5 Å². The molecule has 1 aromatic carbocycles. The zero-order valence-electron chi connectivity index (χ0n) is 12.0. The van der Waals surface area contributed by atoms with Crippen molar-refractivity contribution in [1.82, 2.24) is 9.55 Å². The van der Waals surface area contributed by atoms with E-state index in [0.717, 1.165) is 49.7 Å². The Morgan fingerprint density at radius 2 is 2.10 bits per heavy atom. The second-order valence-corrected chi connectivity index (χ2v) is 5.44. The molecule has 0 bridgehead atoms. The standard InChI is InChI=1S/C16H22N4/c1-2-14-12-20(15-8-4-3-5-9-15)16(18-14)19-10-6-7-13(17)11-19/h3-5,8-9,12-13H,2,6-7,10-11,17H2,1H3/t13-/m1/s1. The van der Waals surface area contributed by atoms with E-state index in [1.165, 1.54) is 0 Å². The molecular formula is C16H22N4. The molecular weight excluding hydrogens is 248 g/mol. The highest BCUT2D eigenvalue weighted by Gasteiger charge is 2.21. The Morgan fingerprint density at radius 1 is 1.30 bits per heavy atom. The number of benzene rings is 1. The molecule has 2 heterocycles. The van der Waals surface area contributed by atoms with Crippen molar-refractivity contribution in [2.75, 3.05) is 18.0 Å². The van der Waals surface area contributed by atoms with Crippen molar-refractivity contribution in [3.63, 3.8) is 0 Å². The first-order chi connectivity index (χ1) is 9.78. The Morgan fingerprint density at radius 3 is 2.80 bits per heavy atom. The lowest BCUT2D eigenvalue weighted by Gasteiger charge is -2.31. The van der Waals surface area contributed by atoms with Crippen LogP contribution in [-0.4, -0.2) is 28.7 Å². The molecule has 0 saturated carbocycles. The third-order valence-corrected chi connectivity index (χ3v) is 3.87.